The summed E-state index contributed by atoms with van der Waals surface area (Å²) in [5.41, 5.74) is 2.14. The van der Waals surface area contributed by atoms with E-state index in [1.807, 2.05) is 0 Å². The molecule has 2 amide bonds. The third kappa shape index (κ3) is 1.80. The van der Waals surface area contributed by atoms with Gasteiger partial charge in [-0.3, -0.25) is 14.4 Å². The normalized spacial score (nSPS) is 13.5. The van der Waals surface area contributed by atoms with Crippen molar-refractivity contribution in [1.29, 1.82) is 0 Å². The fourth-order valence-corrected chi connectivity index (χ4v) is 1.86. The molecule has 1 aliphatic heterocycles. The van der Waals surface area contributed by atoms with Crippen LogP contribution in [0, 0.1) is 0 Å². The van der Waals surface area contributed by atoms with E-state index in [4.69, 9.17) is 0 Å². The lowest BCUT2D eigenvalue weighted by Gasteiger charge is -2.13. The molecule has 5 heteroatoms. The van der Waals surface area contributed by atoms with Crippen molar-refractivity contribution in [1.82, 2.24) is 0 Å². The van der Waals surface area contributed by atoms with Crippen LogP contribution in [0.2, 0.25) is 0 Å². The van der Waals surface area contributed by atoms with Gasteiger partial charge in [-0.15, -0.1) is 0 Å². The van der Waals surface area contributed by atoms with Crippen molar-refractivity contribution in [2.24, 2.45) is 0 Å². The Labute approximate surface area is 98.4 Å². The van der Waals surface area contributed by atoms with E-state index in [1.54, 1.807) is 25.2 Å². The van der Waals surface area contributed by atoms with Gasteiger partial charge in [0.15, 0.2) is 0 Å². The first kappa shape index (κ1) is 11.3. The van der Waals surface area contributed by atoms with E-state index in [9.17, 15) is 14.4 Å². The highest BCUT2D eigenvalue weighted by Crippen LogP contribution is 2.31. The summed E-state index contributed by atoms with van der Waals surface area (Å²) in [6.45, 7) is 1.16. The van der Waals surface area contributed by atoms with E-state index in [1.165, 1.54) is 0 Å². The standard InChI is InChI=1S/C12H12N2O3/c1-7(15)12(17)14-10-4-3-9(13-2)5-8(10)6-11(14)16/h3-5,13H,6H2,1-2H3. The number of nitrogens with one attached hydrogen (secondary N) is 1. The minimum atomic E-state index is -0.772. The Bertz CT molecular complexity index is 522. The highest BCUT2D eigenvalue weighted by molar-refractivity contribution is 6.46. The van der Waals surface area contributed by atoms with Crippen LogP contribution in [0.15, 0.2) is 18.2 Å². The fourth-order valence-electron chi connectivity index (χ4n) is 1.86. The number of anilines is 2. The molecule has 1 N–H and O–H groups in total. The molecular formula is C12H12N2O3. The summed E-state index contributed by atoms with van der Waals surface area (Å²) < 4.78 is 0. The average molecular weight is 232 g/mol. The lowest BCUT2D eigenvalue weighted by Crippen LogP contribution is -2.37. The minimum absolute atomic E-state index is 0.157. The molecule has 0 saturated heterocycles. The van der Waals surface area contributed by atoms with Crippen molar-refractivity contribution in [3.63, 3.8) is 0 Å². The molecule has 0 aliphatic carbocycles. The van der Waals surface area contributed by atoms with Gasteiger partial charge in [-0.2, -0.15) is 0 Å². The Morgan fingerprint density at radius 1 is 1.35 bits per heavy atom. The van der Waals surface area contributed by atoms with Crippen LogP contribution in [-0.4, -0.2) is 24.6 Å². The summed E-state index contributed by atoms with van der Waals surface area (Å²) in [7, 11) is 1.77. The predicted octanol–water partition coefficient (Wildman–Crippen LogP) is 0.733. The van der Waals surface area contributed by atoms with Crippen molar-refractivity contribution in [2.45, 2.75) is 13.3 Å². The summed E-state index contributed by atoms with van der Waals surface area (Å²) in [6.07, 6.45) is 0.157. The molecule has 0 fully saturated rings. The van der Waals surface area contributed by atoms with Crippen LogP contribution < -0.4 is 10.2 Å². The quantitative estimate of drug-likeness (QED) is 0.763. The third-order valence-corrected chi connectivity index (χ3v) is 2.70. The van der Waals surface area contributed by atoms with Crippen LogP contribution in [0.3, 0.4) is 0 Å². The van der Waals surface area contributed by atoms with Crippen LogP contribution in [-0.2, 0) is 20.8 Å². The first-order valence-electron chi connectivity index (χ1n) is 5.23. The molecule has 0 unspecified atom stereocenters. The van der Waals surface area contributed by atoms with E-state index in [0.29, 0.717) is 5.69 Å². The van der Waals surface area contributed by atoms with E-state index >= 15 is 0 Å². The highest BCUT2D eigenvalue weighted by Gasteiger charge is 2.34. The van der Waals surface area contributed by atoms with Crippen molar-refractivity contribution in [2.75, 3.05) is 17.3 Å². The molecule has 0 atom stereocenters. The second kappa shape index (κ2) is 4.01. The van der Waals surface area contributed by atoms with Gasteiger partial charge in [-0.1, -0.05) is 0 Å². The minimum Gasteiger partial charge on any atom is -0.388 e. The molecule has 1 aromatic rings. The number of ketones is 1. The van der Waals surface area contributed by atoms with E-state index < -0.39 is 11.7 Å². The van der Waals surface area contributed by atoms with Crippen LogP contribution in [0.25, 0.3) is 0 Å². The Hall–Kier alpha value is -2.17. The number of carbonyl (C=O) groups excluding carboxylic acids is 3. The summed E-state index contributed by atoms with van der Waals surface area (Å²) >= 11 is 0. The van der Waals surface area contributed by atoms with E-state index in [-0.39, 0.29) is 12.3 Å². The summed E-state index contributed by atoms with van der Waals surface area (Å²) in [5, 5.41) is 2.96. The monoisotopic (exact) mass is 232 g/mol. The first-order valence-corrected chi connectivity index (χ1v) is 5.23. The van der Waals surface area contributed by atoms with Crippen LogP contribution in [0.4, 0.5) is 11.4 Å². The summed E-state index contributed by atoms with van der Waals surface area (Å²) in [5.74, 6) is -1.76. The Morgan fingerprint density at radius 3 is 2.65 bits per heavy atom. The summed E-state index contributed by atoms with van der Waals surface area (Å²) in [6, 6.07) is 5.24. The Morgan fingerprint density at radius 2 is 2.06 bits per heavy atom. The van der Waals surface area contributed by atoms with Crippen molar-refractivity contribution >= 4 is 29.0 Å². The van der Waals surface area contributed by atoms with E-state index in [0.717, 1.165) is 23.1 Å². The number of Topliss-reactive ketones (excluding diaryl/α,β-unsaturated/α-hetero) is 1. The number of carbonyl (C=O) groups is 3. The molecule has 0 saturated carbocycles. The number of rotatable bonds is 2. The molecule has 17 heavy (non-hydrogen) atoms. The number of imide groups is 1. The molecule has 1 aromatic carbocycles. The number of nitrogens with zero attached hydrogens (tertiary/aromatic N) is 1. The smallest absolute Gasteiger partial charge is 0.300 e. The molecule has 88 valence electrons. The summed E-state index contributed by atoms with van der Waals surface area (Å²) in [4.78, 5) is 35.3. The number of hydrogen-bond donors (Lipinski definition) is 1. The molecule has 0 radical (unpaired) electrons. The van der Waals surface area contributed by atoms with Gasteiger partial charge in [-0.25, -0.2) is 4.90 Å². The molecule has 1 aliphatic rings. The van der Waals surface area contributed by atoms with Crippen molar-refractivity contribution in [3.05, 3.63) is 23.8 Å². The van der Waals surface area contributed by atoms with E-state index in [2.05, 4.69) is 5.32 Å². The number of hydrogen-bond acceptors (Lipinski definition) is 4. The lowest BCUT2D eigenvalue weighted by atomic mass is 10.1. The molecule has 0 aromatic heterocycles. The zero-order valence-electron chi connectivity index (χ0n) is 9.61. The highest BCUT2D eigenvalue weighted by atomic mass is 16.2. The van der Waals surface area contributed by atoms with Gasteiger partial charge in [0.25, 0.3) is 0 Å². The maximum atomic E-state index is 11.7. The molecule has 0 spiro atoms. The van der Waals surface area contributed by atoms with Gasteiger partial charge < -0.3 is 5.32 Å². The second-order valence-corrected chi connectivity index (χ2v) is 3.86. The maximum Gasteiger partial charge on any atom is 0.300 e. The van der Waals surface area contributed by atoms with Crippen LogP contribution in [0.5, 0.6) is 0 Å². The Kier molecular flexibility index (Phi) is 2.67. The molecule has 5 nitrogen and oxygen atoms in total. The van der Waals surface area contributed by atoms with Crippen molar-refractivity contribution in [3.8, 4) is 0 Å². The molecule has 2 rings (SSSR count). The van der Waals surface area contributed by atoms with Gasteiger partial charge in [-0.05, 0) is 23.8 Å². The second-order valence-electron chi connectivity index (χ2n) is 3.86. The number of fused-ring (bicyclic) bond motifs is 1. The first-order chi connectivity index (χ1) is 8.04. The van der Waals surface area contributed by atoms with Gasteiger partial charge >= 0.3 is 5.91 Å². The zero-order chi connectivity index (χ0) is 12.6. The number of benzene rings is 1. The predicted molar refractivity (Wildman–Crippen MR) is 62.9 cm³/mol. The lowest BCUT2D eigenvalue weighted by molar-refractivity contribution is -0.137. The maximum absolute atomic E-state index is 11.7. The van der Waals surface area contributed by atoms with Gasteiger partial charge in [0, 0.05) is 19.7 Å². The fraction of sp³-hybridized carbons (Fsp3) is 0.250. The largest absolute Gasteiger partial charge is 0.388 e. The SMILES string of the molecule is CNc1ccc2c(c1)CC(=O)N2C(=O)C(C)=O. The molecule has 1 heterocycles. The average Bonchev–Trinajstić information content (AvgIpc) is 2.62. The van der Waals surface area contributed by atoms with Crippen LogP contribution >= 0.6 is 0 Å². The van der Waals surface area contributed by atoms with Crippen LogP contribution in [0.1, 0.15) is 12.5 Å². The number of amides is 2. The molecule has 0 bridgehead atoms. The van der Waals surface area contributed by atoms with Gasteiger partial charge in [0.2, 0.25) is 11.7 Å². The Balaban J connectivity index is 2.44. The van der Waals surface area contributed by atoms with Gasteiger partial charge in [0.1, 0.15) is 0 Å². The zero-order valence-corrected chi connectivity index (χ0v) is 9.61. The van der Waals surface area contributed by atoms with Crippen molar-refractivity contribution < 1.29 is 14.4 Å². The van der Waals surface area contributed by atoms with Gasteiger partial charge in [0.05, 0.1) is 12.1 Å². The topological polar surface area (TPSA) is 66.5 Å². The molecular weight excluding hydrogens is 220 g/mol. The third-order valence-electron chi connectivity index (χ3n) is 2.70.